The van der Waals surface area contributed by atoms with Crippen LogP contribution in [0, 0.1) is 6.92 Å². The van der Waals surface area contributed by atoms with Crippen molar-refractivity contribution in [2.75, 3.05) is 4.90 Å². The van der Waals surface area contributed by atoms with E-state index in [4.69, 9.17) is 0 Å². The highest BCUT2D eigenvalue weighted by Gasteiger charge is 2.33. The summed E-state index contributed by atoms with van der Waals surface area (Å²) in [5.41, 5.74) is 4.06. The van der Waals surface area contributed by atoms with Gasteiger partial charge in [-0.15, -0.1) is 5.10 Å². The number of amides is 1. The molecule has 0 radical (unpaired) electrons. The molecule has 1 aliphatic rings. The van der Waals surface area contributed by atoms with Crippen LogP contribution in [-0.4, -0.2) is 26.9 Å². The van der Waals surface area contributed by atoms with E-state index in [0.717, 1.165) is 17.8 Å². The van der Waals surface area contributed by atoms with E-state index in [9.17, 15) is 4.79 Å². The van der Waals surface area contributed by atoms with Crippen molar-refractivity contribution in [3.05, 3.63) is 71.5 Å². The number of hydrogen-bond acceptors (Lipinski definition) is 3. The Morgan fingerprint density at radius 2 is 1.75 bits per heavy atom. The van der Waals surface area contributed by atoms with E-state index in [1.807, 2.05) is 60.4 Å². The van der Waals surface area contributed by atoms with Gasteiger partial charge in [-0.3, -0.25) is 4.79 Å². The first kappa shape index (κ1) is 14.6. The zero-order valence-electron chi connectivity index (χ0n) is 13.7. The molecule has 1 aliphatic heterocycles. The lowest BCUT2D eigenvalue weighted by molar-refractivity contribution is 0.0975. The van der Waals surface area contributed by atoms with Gasteiger partial charge in [0.25, 0.3) is 5.91 Å². The van der Waals surface area contributed by atoms with Gasteiger partial charge < -0.3 is 4.90 Å². The fraction of sp³-hybridized carbons (Fsp3) is 0.211. The van der Waals surface area contributed by atoms with Crippen LogP contribution in [0.4, 0.5) is 5.69 Å². The summed E-state index contributed by atoms with van der Waals surface area (Å²) in [5.74, 6) is -0.0906. The molecule has 0 saturated carbocycles. The SMILES string of the molecule is Cc1nn(-c2ccccc2)nc1C(=O)N1c2ccccc2C[C@@H]1C. The van der Waals surface area contributed by atoms with E-state index < -0.39 is 0 Å². The highest BCUT2D eigenvalue weighted by Crippen LogP contribution is 2.33. The molecule has 5 nitrogen and oxygen atoms in total. The standard InChI is InChI=1S/C19H18N4O/c1-13-12-15-8-6-7-11-17(15)22(13)19(24)18-14(2)20-23(21-18)16-9-4-3-5-10-16/h3-11,13H,12H2,1-2H3/t13-/m0/s1. The van der Waals surface area contributed by atoms with Crippen LogP contribution in [0.25, 0.3) is 5.69 Å². The zero-order valence-corrected chi connectivity index (χ0v) is 13.7. The largest absolute Gasteiger partial charge is 0.304 e. The van der Waals surface area contributed by atoms with Crippen molar-refractivity contribution in [1.82, 2.24) is 15.0 Å². The minimum Gasteiger partial charge on any atom is -0.304 e. The first-order valence-electron chi connectivity index (χ1n) is 8.06. The van der Waals surface area contributed by atoms with Crippen molar-refractivity contribution < 1.29 is 4.79 Å². The molecule has 1 amide bonds. The van der Waals surface area contributed by atoms with Gasteiger partial charge in [0.2, 0.25) is 0 Å². The van der Waals surface area contributed by atoms with Crippen LogP contribution >= 0.6 is 0 Å². The van der Waals surface area contributed by atoms with Gasteiger partial charge in [-0.05, 0) is 44.0 Å². The van der Waals surface area contributed by atoms with Crippen molar-refractivity contribution in [1.29, 1.82) is 0 Å². The van der Waals surface area contributed by atoms with Gasteiger partial charge in [0, 0.05) is 11.7 Å². The minimum atomic E-state index is -0.0906. The van der Waals surface area contributed by atoms with Crippen molar-refractivity contribution in [3.63, 3.8) is 0 Å². The molecule has 0 fully saturated rings. The summed E-state index contributed by atoms with van der Waals surface area (Å²) in [6.45, 7) is 3.89. The van der Waals surface area contributed by atoms with Gasteiger partial charge in [-0.1, -0.05) is 36.4 Å². The maximum Gasteiger partial charge on any atom is 0.281 e. The fourth-order valence-electron chi connectivity index (χ4n) is 3.24. The molecule has 1 aromatic heterocycles. The second-order valence-corrected chi connectivity index (χ2v) is 6.12. The lowest BCUT2D eigenvalue weighted by Crippen LogP contribution is -2.36. The molecule has 0 N–H and O–H groups in total. The van der Waals surface area contributed by atoms with Crippen molar-refractivity contribution in [2.45, 2.75) is 26.3 Å². The molecule has 0 unspecified atom stereocenters. The van der Waals surface area contributed by atoms with Gasteiger partial charge in [0.05, 0.1) is 11.4 Å². The van der Waals surface area contributed by atoms with E-state index >= 15 is 0 Å². The molecule has 120 valence electrons. The predicted molar refractivity (Wildman–Crippen MR) is 92.5 cm³/mol. The topological polar surface area (TPSA) is 51.0 Å². The summed E-state index contributed by atoms with van der Waals surface area (Å²) in [6.07, 6.45) is 0.869. The average Bonchev–Trinajstić information content (AvgIpc) is 3.14. The van der Waals surface area contributed by atoms with E-state index in [-0.39, 0.29) is 11.9 Å². The van der Waals surface area contributed by atoms with Crippen molar-refractivity contribution in [2.24, 2.45) is 0 Å². The van der Waals surface area contributed by atoms with Crippen molar-refractivity contribution >= 4 is 11.6 Å². The zero-order chi connectivity index (χ0) is 16.7. The average molecular weight is 318 g/mol. The van der Waals surface area contributed by atoms with Crippen LogP contribution < -0.4 is 4.90 Å². The Morgan fingerprint density at radius 3 is 2.54 bits per heavy atom. The summed E-state index contributed by atoms with van der Waals surface area (Å²) in [7, 11) is 0. The van der Waals surface area contributed by atoms with Gasteiger partial charge >= 0.3 is 0 Å². The van der Waals surface area contributed by atoms with E-state index in [2.05, 4.69) is 23.2 Å². The molecule has 0 bridgehead atoms. The maximum absolute atomic E-state index is 13.1. The second kappa shape index (κ2) is 5.60. The second-order valence-electron chi connectivity index (χ2n) is 6.12. The number of benzene rings is 2. The summed E-state index contributed by atoms with van der Waals surface area (Å²) < 4.78 is 0. The van der Waals surface area contributed by atoms with Gasteiger partial charge in [0.15, 0.2) is 5.69 Å². The molecule has 1 atom stereocenters. The number of rotatable bonds is 2. The molecule has 0 saturated heterocycles. The van der Waals surface area contributed by atoms with E-state index in [1.165, 1.54) is 10.4 Å². The van der Waals surface area contributed by atoms with Crippen LogP contribution in [-0.2, 0) is 6.42 Å². The highest BCUT2D eigenvalue weighted by atomic mass is 16.2. The third-order valence-electron chi connectivity index (χ3n) is 4.40. The van der Waals surface area contributed by atoms with Gasteiger partial charge in [-0.2, -0.15) is 9.90 Å². The monoisotopic (exact) mass is 318 g/mol. The molecule has 0 spiro atoms. The molecular formula is C19H18N4O. The molecule has 4 rings (SSSR count). The van der Waals surface area contributed by atoms with Crippen LogP contribution in [0.2, 0.25) is 0 Å². The number of para-hydroxylation sites is 2. The van der Waals surface area contributed by atoms with Crippen LogP contribution in [0.5, 0.6) is 0 Å². The number of hydrogen-bond donors (Lipinski definition) is 0. The molecule has 0 aliphatic carbocycles. The summed E-state index contributed by atoms with van der Waals surface area (Å²) in [4.78, 5) is 16.5. The lowest BCUT2D eigenvalue weighted by Gasteiger charge is -2.21. The number of carbonyl (C=O) groups is 1. The molecule has 24 heavy (non-hydrogen) atoms. The Bertz CT molecular complexity index is 901. The number of nitrogens with zero attached hydrogens (tertiary/aromatic N) is 4. The summed E-state index contributed by atoms with van der Waals surface area (Å²) in [6, 6.07) is 17.8. The van der Waals surface area contributed by atoms with Gasteiger partial charge in [-0.25, -0.2) is 0 Å². The van der Waals surface area contributed by atoms with Crippen LogP contribution in [0.3, 0.4) is 0 Å². The first-order chi connectivity index (χ1) is 11.6. The number of aromatic nitrogens is 3. The first-order valence-corrected chi connectivity index (χ1v) is 8.06. The van der Waals surface area contributed by atoms with Crippen molar-refractivity contribution in [3.8, 4) is 5.69 Å². The summed E-state index contributed by atoms with van der Waals surface area (Å²) in [5, 5.41) is 8.86. The molecule has 2 heterocycles. The molecular weight excluding hydrogens is 300 g/mol. The van der Waals surface area contributed by atoms with E-state index in [0.29, 0.717) is 11.4 Å². The number of fused-ring (bicyclic) bond motifs is 1. The third-order valence-corrected chi connectivity index (χ3v) is 4.40. The number of carbonyl (C=O) groups excluding carboxylic acids is 1. The third kappa shape index (κ3) is 2.29. The lowest BCUT2D eigenvalue weighted by atomic mass is 10.1. The quantitative estimate of drug-likeness (QED) is 0.729. The Balaban J connectivity index is 1.72. The Hall–Kier alpha value is -2.95. The fourth-order valence-corrected chi connectivity index (χ4v) is 3.24. The Morgan fingerprint density at radius 1 is 1.04 bits per heavy atom. The van der Waals surface area contributed by atoms with Crippen LogP contribution in [0.15, 0.2) is 54.6 Å². The maximum atomic E-state index is 13.1. The number of anilines is 1. The van der Waals surface area contributed by atoms with E-state index in [1.54, 1.807) is 0 Å². The summed E-state index contributed by atoms with van der Waals surface area (Å²) >= 11 is 0. The smallest absolute Gasteiger partial charge is 0.281 e. The number of aryl methyl sites for hydroxylation is 1. The Kier molecular flexibility index (Phi) is 3.41. The van der Waals surface area contributed by atoms with Gasteiger partial charge in [0.1, 0.15) is 0 Å². The molecule has 3 aromatic rings. The van der Waals surface area contributed by atoms with Crippen LogP contribution in [0.1, 0.15) is 28.7 Å². The normalized spacial score (nSPS) is 16.2. The molecule has 5 heteroatoms. The Labute approximate surface area is 140 Å². The minimum absolute atomic E-state index is 0.0906. The molecule has 2 aromatic carbocycles. The predicted octanol–water partition coefficient (Wildman–Crippen LogP) is 3.17. The highest BCUT2D eigenvalue weighted by molar-refractivity contribution is 6.07.